The molecule has 2 N–H and O–H groups in total. The number of nitrogens with one attached hydrogen (secondary N) is 2. The fraction of sp³-hybridized carbons (Fsp3) is 0.364. The molecule has 0 aromatic heterocycles. The molecule has 78 valence electrons. The highest BCUT2D eigenvalue weighted by molar-refractivity contribution is 6.09. The molecule has 1 spiro atoms. The molecule has 1 saturated carbocycles. The zero-order chi connectivity index (χ0) is 10.5. The van der Waals surface area contributed by atoms with Gasteiger partial charge in [-0.1, -0.05) is 6.07 Å². The molecule has 0 atom stereocenters. The third-order valence-corrected chi connectivity index (χ3v) is 3.04. The zero-order valence-corrected chi connectivity index (χ0v) is 8.46. The summed E-state index contributed by atoms with van der Waals surface area (Å²) < 4.78 is 5.19. The molecule has 4 nitrogen and oxygen atoms in total. The molecule has 1 aliphatic carbocycles. The van der Waals surface area contributed by atoms with Crippen LogP contribution in [-0.2, 0) is 4.79 Å². The maximum absolute atomic E-state index is 11.8. The Labute approximate surface area is 87.6 Å². The van der Waals surface area contributed by atoms with Crippen molar-refractivity contribution < 1.29 is 9.53 Å². The number of amides is 1. The lowest BCUT2D eigenvalue weighted by Crippen LogP contribution is -2.41. The van der Waals surface area contributed by atoms with Crippen LogP contribution in [0.1, 0.15) is 12.8 Å². The van der Waals surface area contributed by atoms with Crippen LogP contribution in [0.2, 0.25) is 0 Å². The van der Waals surface area contributed by atoms with Crippen LogP contribution in [0.5, 0.6) is 5.75 Å². The Bertz CT molecular complexity index is 438. The van der Waals surface area contributed by atoms with Gasteiger partial charge in [0, 0.05) is 0 Å². The van der Waals surface area contributed by atoms with Gasteiger partial charge in [0.15, 0.2) is 0 Å². The van der Waals surface area contributed by atoms with E-state index < -0.39 is 0 Å². The fourth-order valence-corrected chi connectivity index (χ4v) is 1.96. The lowest BCUT2D eigenvalue weighted by molar-refractivity contribution is -0.117. The molecule has 0 unspecified atom stereocenters. The first-order valence-electron chi connectivity index (χ1n) is 5.02. The molecule has 1 amide bonds. The number of hydrogen-bond donors (Lipinski definition) is 2. The molecular formula is C11H12N2O2. The minimum absolute atomic E-state index is 0.0551. The molecule has 0 radical (unpaired) electrons. The van der Waals surface area contributed by atoms with Crippen molar-refractivity contribution >= 4 is 17.3 Å². The average Bonchev–Trinajstić information content (AvgIpc) is 3.00. The third kappa shape index (κ3) is 1.11. The number of rotatable bonds is 1. The fourth-order valence-electron chi connectivity index (χ4n) is 1.96. The summed E-state index contributed by atoms with van der Waals surface area (Å²) in [6.45, 7) is 0. The number of methoxy groups -OCH3 is 1. The van der Waals surface area contributed by atoms with Gasteiger partial charge in [0.1, 0.15) is 17.0 Å². The maximum Gasteiger partial charge on any atom is 0.250 e. The molecule has 2 aliphatic rings. The van der Waals surface area contributed by atoms with Crippen LogP contribution in [0.4, 0.5) is 11.4 Å². The average molecular weight is 204 g/mol. The quantitative estimate of drug-likeness (QED) is 0.730. The first-order valence-corrected chi connectivity index (χ1v) is 5.02. The molecule has 1 fully saturated rings. The first-order chi connectivity index (χ1) is 7.25. The van der Waals surface area contributed by atoms with Crippen molar-refractivity contribution in [1.29, 1.82) is 0 Å². The summed E-state index contributed by atoms with van der Waals surface area (Å²) in [5.74, 6) is 0.753. The van der Waals surface area contributed by atoms with E-state index in [-0.39, 0.29) is 11.4 Å². The van der Waals surface area contributed by atoms with Gasteiger partial charge in [-0.2, -0.15) is 0 Å². The molecule has 1 heterocycles. The number of fused-ring (bicyclic) bond motifs is 1. The zero-order valence-electron chi connectivity index (χ0n) is 8.46. The second kappa shape index (κ2) is 2.66. The Hall–Kier alpha value is -1.71. The molecule has 15 heavy (non-hydrogen) atoms. The van der Waals surface area contributed by atoms with Crippen LogP contribution >= 0.6 is 0 Å². The van der Waals surface area contributed by atoms with E-state index in [0.717, 1.165) is 24.2 Å². The molecule has 0 bridgehead atoms. The Morgan fingerprint density at radius 3 is 2.87 bits per heavy atom. The van der Waals surface area contributed by atoms with E-state index in [2.05, 4.69) is 10.6 Å². The Kier molecular flexibility index (Phi) is 1.52. The van der Waals surface area contributed by atoms with Crippen molar-refractivity contribution in [2.75, 3.05) is 17.7 Å². The Morgan fingerprint density at radius 1 is 1.40 bits per heavy atom. The van der Waals surface area contributed by atoms with Crippen LogP contribution in [0, 0.1) is 0 Å². The van der Waals surface area contributed by atoms with E-state index in [1.807, 2.05) is 18.2 Å². The van der Waals surface area contributed by atoms with E-state index in [0.29, 0.717) is 5.75 Å². The van der Waals surface area contributed by atoms with Gasteiger partial charge in [0.05, 0.1) is 12.8 Å². The SMILES string of the molecule is COc1cccc2c1NC(=O)C1(CC1)N2. The monoisotopic (exact) mass is 204 g/mol. The number of ether oxygens (including phenoxy) is 1. The van der Waals surface area contributed by atoms with Gasteiger partial charge in [0.2, 0.25) is 5.91 Å². The molecule has 1 aromatic rings. The van der Waals surface area contributed by atoms with Crippen molar-refractivity contribution in [3.63, 3.8) is 0 Å². The highest BCUT2D eigenvalue weighted by atomic mass is 16.5. The maximum atomic E-state index is 11.8. The highest BCUT2D eigenvalue weighted by Gasteiger charge is 2.52. The normalized spacial score (nSPS) is 20.2. The van der Waals surface area contributed by atoms with Gasteiger partial charge in [-0.3, -0.25) is 4.79 Å². The van der Waals surface area contributed by atoms with E-state index in [9.17, 15) is 4.79 Å². The van der Waals surface area contributed by atoms with Crippen molar-refractivity contribution in [3.8, 4) is 5.75 Å². The number of carbonyl (C=O) groups is 1. The topological polar surface area (TPSA) is 50.4 Å². The van der Waals surface area contributed by atoms with Gasteiger partial charge >= 0.3 is 0 Å². The molecule has 3 rings (SSSR count). The van der Waals surface area contributed by atoms with Crippen molar-refractivity contribution in [3.05, 3.63) is 18.2 Å². The van der Waals surface area contributed by atoms with Crippen LogP contribution in [0.3, 0.4) is 0 Å². The van der Waals surface area contributed by atoms with Crippen LogP contribution in [0.25, 0.3) is 0 Å². The largest absolute Gasteiger partial charge is 0.494 e. The second-order valence-corrected chi connectivity index (χ2v) is 4.04. The summed E-state index contributed by atoms with van der Waals surface area (Å²) in [7, 11) is 1.60. The number of para-hydroxylation sites is 1. The van der Waals surface area contributed by atoms with E-state index in [1.54, 1.807) is 7.11 Å². The van der Waals surface area contributed by atoms with Crippen molar-refractivity contribution in [2.45, 2.75) is 18.4 Å². The number of carbonyl (C=O) groups excluding carboxylic acids is 1. The number of benzene rings is 1. The van der Waals surface area contributed by atoms with Crippen LogP contribution in [-0.4, -0.2) is 18.6 Å². The summed E-state index contributed by atoms with van der Waals surface area (Å²) >= 11 is 0. The summed E-state index contributed by atoms with van der Waals surface area (Å²) in [5, 5.41) is 6.19. The standard InChI is InChI=1S/C11H12N2O2/c1-15-8-4-2-3-7-9(8)12-10(14)11(13-7)5-6-11/h2-4,13H,5-6H2,1H3,(H,12,14). The molecule has 0 saturated heterocycles. The summed E-state index contributed by atoms with van der Waals surface area (Å²) in [6, 6.07) is 5.71. The van der Waals surface area contributed by atoms with Crippen molar-refractivity contribution in [2.24, 2.45) is 0 Å². The van der Waals surface area contributed by atoms with E-state index in [1.165, 1.54) is 0 Å². The van der Waals surface area contributed by atoms with Gasteiger partial charge in [-0.25, -0.2) is 0 Å². The van der Waals surface area contributed by atoms with Gasteiger partial charge in [0.25, 0.3) is 0 Å². The first kappa shape index (κ1) is 8.59. The predicted molar refractivity (Wildman–Crippen MR) is 57.2 cm³/mol. The minimum Gasteiger partial charge on any atom is -0.494 e. The molecule has 1 aromatic carbocycles. The van der Waals surface area contributed by atoms with E-state index >= 15 is 0 Å². The smallest absolute Gasteiger partial charge is 0.250 e. The van der Waals surface area contributed by atoms with Gasteiger partial charge < -0.3 is 15.4 Å². The number of hydrogen-bond acceptors (Lipinski definition) is 3. The summed E-state index contributed by atoms with van der Waals surface area (Å²) in [6.07, 6.45) is 1.82. The lowest BCUT2D eigenvalue weighted by atomic mass is 10.1. The Morgan fingerprint density at radius 2 is 2.20 bits per heavy atom. The molecule has 4 heteroatoms. The van der Waals surface area contributed by atoms with Crippen LogP contribution < -0.4 is 15.4 Å². The molecule has 1 aliphatic heterocycles. The predicted octanol–water partition coefficient (Wildman–Crippen LogP) is 1.59. The second-order valence-electron chi connectivity index (χ2n) is 4.04. The summed E-state index contributed by atoms with van der Waals surface area (Å²) in [4.78, 5) is 11.8. The summed E-state index contributed by atoms with van der Waals surface area (Å²) in [5.41, 5.74) is 1.37. The number of anilines is 2. The third-order valence-electron chi connectivity index (χ3n) is 3.04. The lowest BCUT2D eigenvalue weighted by Gasteiger charge is -2.27. The Balaban J connectivity index is 2.08. The van der Waals surface area contributed by atoms with Gasteiger partial charge in [-0.05, 0) is 25.0 Å². The minimum atomic E-state index is -0.334. The van der Waals surface area contributed by atoms with Crippen molar-refractivity contribution in [1.82, 2.24) is 0 Å². The van der Waals surface area contributed by atoms with Gasteiger partial charge in [-0.15, -0.1) is 0 Å². The van der Waals surface area contributed by atoms with E-state index in [4.69, 9.17) is 4.74 Å². The molecular weight excluding hydrogens is 192 g/mol. The van der Waals surface area contributed by atoms with Crippen LogP contribution in [0.15, 0.2) is 18.2 Å². The highest BCUT2D eigenvalue weighted by Crippen LogP contribution is 2.47.